The highest BCUT2D eigenvalue weighted by molar-refractivity contribution is 6.32. The molecule has 1 aliphatic rings. The molecule has 6 nitrogen and oxygen atoms in total. The number of carbonyl (C=O) groups is 2. The number of nitrogens with one attached hydrogen (secondary N) is 1. The summed E-state index contributed by atoms with van der Waals surface area (Å²) in [6.45, 7) is 4.27. The zero-order chi connectivity index (χ0) is 20.1. The first-order valence-corrected chi connectivity index (χ1v) is 9.44. The van der Waals surface area contributed by atoms with Crippen molar-refractivity contribution in [2.24, 2.45) is 0 Å². The third-order valence-electron chi connectivity index (χ3n) is 4.34. The van der Waals surface area contributed by atoms with Crippen molar-refractivity contribution in [1.29, 1.82) is 0 Å². The van der Waals surface area contributed by atoms with Crippen LogP contribution in [0, 0.1) is 0 Å². The van der Waals surface area contributed by atoms with Gasteiger partial charge in [-0.25, -0.2) is 0 Å². The van der Waals surface area contributed by atoms with E-state index in [2.05, 4.69) is 5.32 Å². The van der Waals surface area contributed by atoms with E-state index in [4.69, 9.17) is 25.8 Å². The van der Waals surface area contributed by atoms with E-state index in [9.17, 15) is 9.59 Å². The molecule has 1 aliphatic heterocycles. The van der Waals surface area contributed by atoms with Gasteiger partial charge < -0.3 is 19.5 Å². The van der Waals surface area contributed by atoms with Crippen LogP contribution in [-0.2, 0) is 20.7 Å². The Kier molecular flexibility index (Phi) is 6.41. The second-order valence-electron chi connectivity index (χ2n) is 6.55. The highest BCUT2D eigenvalue weighted by Crippen LogP contribution is 2.38. The molecule has 1 heterocycles. The van der Waals surface area contributed by atoms with Gasteiger partial charge >= 0.3 is 5.97 Å². The van der Waals surface area contributed by atoms with Crippen LogP contribution in [0.3, 0.4) is 0 Å². The number of fused-ring (bicyclic) bond motifs is 1. The van der Waals surface area contributed by atoms with Crippen LogP contribution < -0.4 is 14.8 Å². The van der Waals surface area contributed by atoms with Gasteiger partial charge in [0.05, 0.1) is 17.5 Å². The van der Waals surface area contributed by atoms with Gasteiger partial charge in [0.2, 0.25) is 0 Å². The standard InChI is InChI=1S/C21H22ClNO5/c1-13(16-6-4-3-5-7-16)23-21(25)14(2)28-19(24)12-15-10-17(22)20-18(11-15)26-8-9-27-20/h3-7,10-11,13-14H,8-9,12H2,1-2H3,(H,23,25). The smallest absolute Gasteiger partial charge is 0.311 e. The monoisotopic (exact) mass is 403 g/mol. The van der Waals surface area contributed by atoms with Crippen LogP contribution in [0.5, 0.6) is 11.5 Å². The molecule has 148 valence electrons. The normalized spacial score (nSPS) is 14.7. The summed E-state index contributed by atoms with van der Waals surface area (Å²) >= 11 is 6.18. The fourth-order valence-corrected chi connectivity index (χ4v) is 3.17. The maximum Gasteiger partial charge on any atom is 0.311 e. The molecule has 2 atom stereocenters. The zero-order valence-electron chi connectivity index (χ0n) is 15.7. The van der Waals surface area contributed by atoms with Gasteiger partial charge in [-0.05, 0) is 37.1 Å². The Morgan fingerprint density at radius 2 is 1.86 bits per heavy atom. The van der Waals surface area contributed by atoms with Crippen molar-refractivity contribution >= 4 is 23.5 Å². The predicted molar refractivity (Wildman–Crippen MR) is 105 cm³/mol. The van der Waals surface area contributed by atoms with E-state index in [0.29, 0.717) is 35.3 Å². The van der Waals surface area contributed by atoms with Crippen molar-refractivity contribution < 1.29 is 23.8 Å². The van der Waals surface area contributed by atoms with Gasteiger partial charge in [0.1, 0.15) is 13.2 Å². The lowest BCUT2D eigenvalue weighted by Crippen LogP contribution is -2.37. The van der Waals surface area contributed by atoms with Crippen molar-refractivity contribution in [2.75, 3.05) is 13.2 Å². The average molecular weight is 404 g/mol. The van der Waals surface area contributed by atoms with Crippen molar-refractivity contribution in [3.05, 3.63) is 58.6 Å². The molecule has 1 N–H and O–H groups in total. The minimum atomic E-state index is -0.911. The maximum atomic E-state index is 12.3. The third kappa shape index (κ3) is 4.95. The summed E-state index contributed by atoms with van der Waals surface area (Å²) in [5.74, 6) is 0.101. The summed E-state index contributed by atoms with van der Waals surface area (Å²) < 4.78 is 16.2. The van der Waals surface area contributed by atoms with Gasteiger partial charge in [-0.3, -0.25) is 9.59 Å². The van der Waals surface area contributed by atoms with Crippen LogP contribution in [-0.4, -0.2) is 31.2 Å². The van der Waals surface area contributed by atoms with Gasteiger partial charge in [0, 0.05) is 0 Å². The lowest BCUT2D eigenvalue weighted by Gasteiger charge is -2.20. The van der Waals surface area contributed by atoms with E-state index < -0.39 is 12.1 Å². The molecule has 1 amide bonds. The van der Waals surface area contributed by atoms with Crippen molar-refractivity contribution in [3.8, 4) is 11.5 Å². The van der Waals surface area contributed by atoms with Gasteiger partial charge in [-0.1, -0.05) is 41.9 Å². The Morgan fingerprint density at radius 1 is 1.14 bits per heavy atom. The Hall–Kier alpha value is -2.73. The molecular formula is C21H22ClNO5. The first-order chi connectivity index (χ1) is 13.4. The molecule has 0 aromatic heterocycles. The molecule has 0 fully saturated rings. The van der Waals surface area contributed by atoms with Crippen LogP contribution >= 0.6 is 11.6 Å². The lowest BCUT2D eigenvalue weighted by molar-refractivity contribution is -0.154. The quantitative estimate of drug-likeness (QED) is 0.747. The first-order valence-electron chi connectivity index (χ1n) is 9.07. The molecule has 2 aromatic rings. The molecule has 0 bridgehead atoms. The van der Waals surface area contributed by atoms with Crippen LogP contribution in [0.25, 0.3) is 0 Å². The molecule has 7 heteroatoms. The second kappa shape index (κ2) is 8.97. The highest BCUT2D eigenvalue weighted by Gasteiger charge is 2.22. The Balaban J connectivity index is 1.55. The number of halogens is 1. The largest absolute Gasteiger partial charge is 0.486 e. The molecule has 0 aliphatic carbocycles. The number of benzene rings is 2. The first kappa shape index (κ1) is 20.0. The van der Waals surface area contributed by atoms with E-state index in [-0.39, 0.29) is 18.4 Å². The fourth-order valence-electron chi connectivity index (χ4n) is 2.88. The predicted octanol–water partition coefficient (Wildman–Crippen LogP) is 3.46. The van der Waals surface area contributed by atoms with Gasteiger partial charge in [-0.2, -0.15) is 0 Å². The summed E-state index contributed by atoms with van der Waals surface area (Å²) in [4.78, 5) is 24.6. The molecule has 3 rings (SSSR count). The van der Waals surface area contributed by atoms with Crippen molar-refractivity contribution in [3.63, 3.8) is 0 Å². The Labute approximate surface area is 168 Å². The Bertz CT molecular complexity index is 855. The topological polar surface area (TPSA) is 73.9 Å². The SMILES string of the molecule is CC(OC(=O)Cc1cc(Cl)c2c(c1)OCCO2)C(=O)NC(C)c1ccccc1. The van der Waals surface area contributed by atoms with E-state index in [0.717, 1.165) is 5.56 Å². The van der Waals surface area contributed by atoms with Crippen LogP contribution in [0.2, 0.25) is 5.02 Å². The number of hydrogen-bond acceptors (Lipinski definition) is 5. The molecule has 0 radical (unpaired) electrons. The van der Waals surface area contributed by atoms with Gasteiger partial charge in [0.15, 0.2) is 17.6 Å². The maximum absolute atomic E-state index is 12.3. The number of ether oxygens (including phenoxy) is 3. The molecular weight excluding hydrogens is 382 g/mol. The van der Waals surface area contributed by atoms with E-state index in [1.54, 1.807) is 19.1 Å². The van der Waals surface area contributed by atoms with Gasteiger partial charge in [0.25, 0.3) is 5.91 Å². The van der Waals surface area contributed by atoms with Crippen molar-refractivity contribution in [1.82, 2.24) is 5.32 Å². The number of esters is 1. The van der Waals surface area contributed by atoms with Crippen LogP contribution in [0.15, 0.2) is 42.5 Å². The summed E-state index contributed by atoms with van der Waals surface area (Å²) in [5.41, 5.74) is 1.60. The fraction of sp³-hybridized carbons (Fsp3) is 0.333. The minimum Gasteiger partial charge on any atom is -0.486 e. The average Bonchev–Trinajstić information content (AvgIpc) is 2.68. The van der Waals surface area contributed by atoms with E-state index >= 15 is 0 Å². The molecule has 2 unspecified atom stereocenters. The summed E-state index contributed by atoms with van der Waals surface area (Å²) in [7, 11) is 0. The molecule has 0 saturated heterocycles. The number of carbonyl (C=O) groups excluding carboxylic acids is 2. The zero-order valence-corrected chi connectivity index (χ0v) is 16.5. The number of amides is 1. The molecule has 2 aromatic carbocycles. The molecule has 0 spiro atoms. The summed E-state index contributed by atoms with van der Waals surface area (Å²) in [5, 5.41) is 3.22. The third-order valence-corrected chi connectivity index (χ3v) is 4.62. The lowest BCUT2D eigenvalue weighted by atomic mass is 10.1. The number of rotatable bonds is 6. The molecule has 0 saturated carbocycles. The summed E-state index contributed by atoms with van der Waals surface area (Å²) in [6.07, 6.45) is -0.936. The number of hydrogen-bond donors (Lipinski definition) is 1. The van der Waals surface area contributed by atoms with E-state index in [1.807, 2.05) is 37.3 Å². The summed E-state index contributed by atoms with van der Waals surface area (Å²) in [6, 6.07) is 12.7. The second-order valence-corrected chi connectivity index (χ2v) is 6.96. The molecule has 28 heavy (non-hydrogen) atoms. The van der Waals surface area contributed by atoms with E-state index in [1.165, 1.54) is 0 Å². The van der Waals surface area contributed by atoms with Crippen LogP contribution in [0.4, 0.5) is 0 Å². The minimum absolute atomic E-state index is 0.0256. The van der Waals surface area contributed by atoms with Crippen LogP contribution in [0.1, 0.15) is 31.0 Å². The van der Waals surface area contributed by atoms with Gasteiger partial charge in [-0.15, -0.1) is 0 Å². The van der Waals surface area contributed by atoms with Crippen molar-refractivity contribution in [2.45, 2.75) is 32.4 Å². The highest BCUT2D eigenvalue weighted by atomic mass is 35.5. The Morgan fingerprint density at radius 3 is 2.61 bits per heavy atom.